The minimum Gasteiger partial charge on any atom is -0.369 e. The third kappa shape index (κ3) is 3.38. The van der Waals surface area contributed by atoms with Gasteiger partial charge < -0.3 is 5.32 Å². The topological polar surface area (TPSA) is 81.0 Å². The molecule has 18 heavy (non-hydrogen) atoms. The van der Waals surface area contributed by atoms with Gasteiger partial charge in [0.05, 0.1) is 22.1 Å². The van der Waals surface area contributed by atoms with E-state index in [1.165, 1.54) is 12.1 Å². The number of nitrogens with one attached hydrogen (secondary N) is 1. The molecule has 2 aromatic heterocycles. The second-order valence-electron chi connectivity index (χ2n) is 3.39. The zero-order chi connectivity index (χ0) is 13.0. The molecule has 6 nitrogen and oxygen atoms in total. The molecular formula is C10H9ClN4O2S. The summed E-state index contributed by atoms with van der Waals surface area (Å²) in [6, 6.07) is 2.57. The highest BCUT2D eigenvalue weighted by atomic mass is 35.5. The second kappa shape index (κ2) is 5.74. The molecule has 0 fully saturated rings. The lowest BCUT2D eigenvalue weighted by Crippen LogP contribution is -2.06. The van der Waals surface area contributed by atoms with Crippen molar-refractivity contribution < 1.29 is 4.92 Å². The van der Waals surface area contributed by atoms with E-state index >= 15 is 0 Å². The standard InChI is InChI=1S/C10H9ClN4O2S/c11-8-5-7(15(16)17)6-9(14-8)12-2-1-10-13-3-4-18-10/h3-6H,1-2H2,(H,12,14). The summed E-state index contributed by atoms with van der Waals surface area (Å²) in [5.74, 6) is 0.394. The van der Waals surface area contributed by atoms with Crippen molar-refractivity contribution in [3.8, 4) is 0 Å². The smallest absolute Gasteiger partial charge is 0.276 e. The second-order valence-corrected chi connectivity index (χ2v) is 4.76. The van der Waals surface area contributed by atoms with Crippen molar-refractivity contribution >= 4 is 34.4 Å². The predicted molar refractivity (Wildman–Crippen MR) is 70.2 cm³/mol. The van der Waals surface area contributed by atoms with Crippen LogP contribution in [-0.2, 0) is 6.42 Å². The average molecular weight is 285 g/mol. The van der Waals surface area contributed by atoms with E-state index in [4.69, 9.17) is 11.6 Å². The quantitative estimate of drug-likeness (QED) is 0.519. The normalized spacial score (nSPS) is 10.3. The van der Waals surface area contributed by atoms with Crippen LogP contribution in [-0.4, -0.2) is 21.4 Å². The number of rotatable bonds is 5. The number of pyridine rings is 1. The summed E-state index contributed by atoms with van der Waals surface area (Å²) in [7, 11) is 0. The van der Waals surface area contributed by atoms with Crippen molar-refractivity contribution in [3.05, 3.63) is 44.0 Å². The Morgan fingerprint density at radius 1 is 1.50 bits per heavy atom. The van der Waals surface area contributed by atoms with E-state index in [0.717, 1.165) is 11.4 Å². The van der Waals surface area contributed by atoms with Gasteiger partial charge in [0, 0.05) is 24.5 Å². The number of hydrogen-bond donors (Lipinski definition) is 1. The highest BCUT2D eigenvalue weighted by molar-refractivity contribution is 7.09. The lowest BCUT2D eigenvalue weighted by Gasteiger charge is -2.04. The van der Waals surface area contributed by atoms with Crippen LogP contribution in [0.5, 0.6) is 0 Å². The van der Waals surface area contributed by atoms with Gasteiger partial charge in [0.15, 0.2) is 0 Å². The molecule has 2 rings (SSSR count). The Bertz CT molecular complexity index is 547. The largest absolute Gasteiger partial charge is 0.369 e. The van der Waals surface area contributed by atoms with E-state index in [9.17, 15) is 10.1 Å². The monoisotopic (exact) mass is 284 g/mol. The first kappa shape index (κ1) is 12.7. The molecule has 1 N–H and O–H groups in total. The van der Waals surface area contributed by atoms with Crippen LogP contribution in [0.2, 0.25) is 5.15 Å². The highest BCUT2D eigenvalue weighted by Crippen LogP contribution is 2.20. The van der Waals surface area contributed by atoms with Crippen molar-refractivity contribution in [1.29, 1.82) is 0 Å². The summed E-state index contributed by atoms with van der Waals surface area (Å²) < 4.78 is 0. The maximum Gasteiger partial charge on any atom is 0.276 e. The summed E-state index contributed by atoms with van der Waals surface area (Å²) in [5, 5.41) is 16.6. The van der Waals surface area contributed by atoms with Gasteiger partial charge in [0.1, 0.15) is 11.0 Å². The van der Waals surface area contributed by atoms with Crippen molar-refractivity contribution in [2.75, 3.05) is 11.9 Å². The van der Waals surface area contributed by atoms with Crippen LogP contribution in [0.25, 0.3) is 0 Å². The number of anilines is 1. The molecule has 0 spiro atoms. The van der Waals surface area contributed by atoms with Crippen LogP contribution in [0.3, 0.4) is 0 Å². The molecule has 8 heteroatoms. The molecule has 0 saturated heterocycles. The fourth-order valence-electron chi connectivity index (χ4n) is 1.35. The lowest BCUT2D eigenvalue weighted by atomic mass is 10.4. The van der Waals surface area contributed by atoms with E-state index in [0.29, 0.717) is 12.4 Å². The van der Waals surface area contributed by atoms with Gasteiger partial charge >= 0.3 is 0 Å². The Kier molecular flexibility index (Phi) is 4.06. The summed E-state index contributed by atoms with van der Waals surface area (Å²) in [4.78, 5) is 18.3. The molecule has 2 heterocycles. The van der Waals surface area contributed by atoms with Crippen molar-refractivity contribution in [3.63, 3.8) is 0 Å². The first-order valence-electron chi connectivity index (χ1n) is 5.09. The van der Waals surface area contributed by atoms with E-state index in [2.05, 4.69) is 15.3 Å². The fraction of sp³-hybridized carbons (Fsp3) is 0.200. The minimum atomic E-state index is -0.500. The zero-order valence-electron chi connectivity index (χ0n) is 9.17. The Balaban J connectivity index is 1.98. The minimum absolute atomic E-state index is 0.0771. The zero-order valence-corrected chi connectivity index (χ0v) is 10.7. The van der Waals surface area contributed by atoms with Crippen molar-refractivity contribution in [1.82, 2.24) is 9.97 Å². The average Bonchev–Trinajstić information content (AvgIpc) is 2.81. The number of hydrogen-bond acceptors (Lipinski definition) is 6. The first-order chi connectivity index (χ1) is 8.65. The molecule has 0 radical (unpaired) electrons. The predicted octanol–water partition coefficient (Wildman–Crippen LogP) is 2.75. The SMILES string of the molecule is O=[N+]([O-])c1cc(Cl)nc(NCCc2nccs2)c1. The lowest BCUT2D eigenvalue weighted by molar-refractivity contribution is -0.384. The summed E-state index contributed by atoms with van der Waals surface area (Å²) >= 11 is 7.27. The molecule has 0 aliphatic carbocycles. The summed E-state index contributed by atoms with van der Waals surface area (Å²) in [6.07, 6.45) is 2.47. The Morgan fingerprint density at radius 3 is 3.00 bits per heavy atom. The third-order valence-electron chi connectivity index (χ3n) is 2.12. The fourth-order valence-corrected chi connectivity index (χ4v) is 2.18. The number of aromatic nitrogens is 2. The highest BCUT2D eigenvalue weighted by Gasteiger charge is 2.09. The van der Waals surface area contributed by atoms with E-state index in [1.54, 1.807) is 17.5 Å². The molecular weight excluding hydrogens is 276 g/mol. The number of thiazole rings is 1. The Labute approximate surface area is 112 Å². The van der Waals surface area contributed by atoms with Gasteiger partial charge in [-0.15, -0.1) is 11.3 Å². The molecule has 0 aliphatic heterocycles. The van der Waals surface area contributed by atoms with Crippen molar-refractivity contribution in [2.24, 2.45) is 0 Å². The molecule has 0 aliphatic rings. The van der Waals surface area contributed by atoms with E-state index in [1.807, 2.05) is 5.38 Å². The first-order valence-corrected chi connectivity index (χ1v) is 6.35. The Morgan fingerprint density at radius 2 is 2.33 bits per heavy atom. The molecule has 0 atom stereocenters. The molecule has 0 unspecified atom stereocenters. The van der Waals surface area contributed by atoms with Gasteiger partial charge in [0.2, 0.25) is 0 Å². The van der Waals surface area contributed by atoms with Crippen LogP contribution < -0.4 is 5.32 Å². The van der Waals surface area contributed by atoms with Crippen LogP contribution in [0, 0.1) is 10.1 Å². The maximum absolute atomic E-state index is 10.6. The van der Waals surface area contributed by atoms with Crippen LogP contribution in [0.4, 0.5) is 11.5 Å². The van der Waals surface area contributed by atoms with Gasteiger partial charge in [-0.25, -0.2) is 9.97 Å². The molecule has 0 aromatic carbocycles. The third-order valence-corrected chi connectivity index (χ3v) is 3.15. The number of halogens is 1. The number of nitro groups is 1. The van der Waals surface area contributed by atoms with E-state index < -0.39 is 4.92 Å². The molecule has 2 aromatic rings. The number of nitrogens with zero attached hydrogens (tertiary/aromatic N) is 3. The van der Waals surface area contributed by atoms with Crippen LogP contribution in [0.15, 0.2) is 23.7 Å². The van der Waals surface area contributed by atoms with Gasteiger partial charge in [-0.2, -0.15) is 0 Å². The summed E-state index contributed by atoms with van der Waals surface area (Å²) in [5.41, 5.74) is -0.0771. The molecule has 0 saturated carbocycles. The van der Waals surface area contributed by atoms with Gasteiger partial charge in [-0.05, 0) is 0 Å². The Hall–Kier alpha value is -1.73. The van der Waals surface area contributed by atoms with Crippen LogP contribution in [0.1, 0.15) is 5.01 Å². The molecule has 0 bridgehead atoms. The maximum atomic E-state index is 10.6. The van der Waals surface area contributed by atoms with Gasteiger partial charge in [-0.1, -0.05) is 11.6 Å². The molecule has 0 amide bonds. The van der Waals surface area contributed by atoms with E-state index in [-0.39, 0.29) is 10.8 Å². The van der Waals surface area contributed by atoms with Crippen molar-refractivity contribution in [2.45, 2.75) is 6.42 Å². The summed E-state index contributed by atoms with van der Waals surface area (Å²) in [6.45, 7) is 0.595. The van der Waals surface area contributed by atoms with Gasteiger partial charge in [-0.3, -0.25) is 10.1 Å². The van der Waals surface area contributed by atoms with Crippen LogP contribution >= 0.6 is 22.9 Å². The van der Waals surface area contributed by atoms with Gasteiger partial charge in [0.25, 0.3) is 5.69 Å². The molecule has 94 valence electrons.